The van der Waals surface area contributed by atoms with E-state index >= 15 is 0 Å². The summed E-state index contributed by atoms with van der Waals surface area (Å²) in [5.41, 5.74) is 0.382. The van der Waals surface area contributed by atoms with Gasteiger partial charge in [0.15, 0.2) is 0 Å². The molecule has 0 aliphatic carbocycles. The number of hydrogen-bond donors (Lipinski definition) is 1. The lowest BCUT2D eigenvalue weighted by molar-refractivity contribution is 0.611. The standard InChI is InChI=1S/C11H11ClFN5/c1-2-6-18-11(15-16-17-18)14-7-8-9(12)4-3-5-10(8)13/h2-5H,1,6-7H2,(H,14,15,17). The van der Waals surface area contributed by atoms with Gasteiger partial charge in [0.2, 0.25) is 5.95 Å². The molecule has 0 bridgehead atoms. The molecule has 94 valence electrons. The van der Waals surface area contributed by atoms with Gasteiger partial charge in [-0.2, -0.15) is 0 Å². The van der Waals surface area contributed by atoms with Crippen LogP contribution in [0.15, 0.2) is 30.9 Å². The lowest BCUT2D eigenvalue weighted by Gasteiger charge is -2.08. The summed E-state index contributed by atoms with van der Waals surface area (Å²) >= 11 is 5.92. The van der Waals surface area contributed by atoms with Gasteiger partial charge in [0.1, 0.15) is 5.82 Å². The Kier molecular flexibility index (Phi) is 3.88. The van der Waals surface area contributed by atoms with Crippen LogP contribution in [0.3, 0.4) is 0 Å². The molecule has 0 fully saturated rings. The molecule has 2 rings (SSSR count). The van der Waals surface area contributed by atoms with E-state index in [1.54, 1.807) is 18.2 Å². The van der Waals surface area contributed by atoms with Gasteiger partial charge in [0, 0.05) is 17.1 Å². The van der Waals surface area contributed by atoms with Gasteiger partial charge in [0.25, 0.3) is 0 Å². The van der Waals surface area contributed by atoms with Crippen LogP contribution in [0.2, 0.25) is 5.02 Å². The van der Waals surface area contributed by atoms with E-state index in [2.05, 4.69) is 27.4 Å². The maximum Gasteiger partial charge on any atom is 0.243 e. The number of benzene rings is 1. The first-order chi connectivity index (χ1) is 8.72. The first-order valence-electron chi connectivity index (χ1n) is 5.26. The van der Waals surface area contributed by atoms with E-state index in [0.717, 1.165) is 0 Å². The highest BCUT2D eigenvalue weighted by atomic mass is 35.5. The molecule has 0 atom stereocenters. The van der Waals surface area contributed by atoms with Crippen LogP contribution in [0.1, 0.15) is 5.56 Å². The van der Waals surface area contributed by atoms with Gasteiger partial charge in [0.05, 0.1) is 6.54 Å². The Morgan fingerprint density at radius 1 is 1.50 bits per heavy atom. The topological polar surface area (TPSA) is 55.6 Å². The van der Waals surface area contributed by atoms with Crippen LogP contribution >= 0.6 is 11.6 Å². The van der Waals surface area contributed by atoms with Gasteiger partial charge in [-0.1, -0.05) is 28.8 Å². The molecular weight excluding hydrogens is 257 g/mol. The average Bonchev–Trinajstić information content (AvgIpc) is 2.77. The normalized spacial score (nSPS) is 10.3. The number of nitrogens with one attached hydrogen (secondary N) is 1. The number of rotatable bonds is 5. The molecular formula is C11H11ClFN5. The maximum absolute atomic E-state index is 13.5. The van der Waals surface area contributed by atoms with E-state index in [1.807, 2.05) is 0 Å². The molecule has 0 amide bonds. The van der Waals surface area contributed by atoms with E-state index in [-0.39, 0.29) is 12.4 Å². The Hall–Kier alpha value is -1.95. The summed E-state index contributed by atoms with van der Waals surface area (Å²) in [5.74, 6) is 0.0759. The minimum absolute atomic E-state index is 0.211. The highest BCUT2D eigenvalue weighted by Crippen LogP contribution is 2.19. The number of halogens is 2. The Balaban J connectivity index is 2.11. The van der Waals surface area contributed by atoms with Crippen molar-refractivity contribution in [1.29, 1.82) is 0 Å². The summed E-state index contributed by atoms with van der Waals surface area (Å²) in [6.07, 6.45) is 1.66. The predicted octanol–water partition coefficient (Wildman–Crippen LogP) is 2.26. The fourth-order valence-electron chi connectivity index (χ4n) is 1.45. The van der Waals surface area contributed by atoms with Gasteiger partial charge < -0.3 is 5.32 Å². The van der Waals surface area contributed by atoms with Crippen LogP contribution in [0.25, 0.3) is 0 Å². The minimum Gasteiger partial charge on any atom is -0.349 e. The van der Waals surface area contributed by atoms with E-state index < -0.39 is 0 Å². The van der Waals surface area contributed by atoms with E-state index in [4.69, 9.17) is 11.6 Å². The maximum atomic E-state index is 13.5. The smallest absolute Gasteiger partial charge is 0.243 e. The number of allylic oxidation sites excluding steroid dienone is 1. The van der Waals surface area contributed by atoms with Crippen LogP contribution in [0, 0.1) is 5.82 Å². The van der Waals surface area contributed by atoms with Gasteiger partial charge in [-0.3, -0.25) is 0 Å². The molecule has 0 spiro atoms. The van der Waals surface area contributed by atoms with Crippen molar-refractivity contribution in [3.63, 3.8) is 0 Å². The molecule has 0 saturated heterocycles. The highest BCUT2D eigenvalue weighted by molar-refractivity contribution is 6.31. The van der Waals surface area contributed by atoms with Gasteiger partial charge >= 0.3 is 0 Å². The second-order valence-corrected chi connectivity index (χ2v) is 3.93. The summed E-state index contributed by atoms with van der Waals surface area (Å²) in [6, 6.07) is 4.55. The third-order valence-electron chi connectivity index (χ3n) is 2.32. The Labute approximate surface area is 108 Å². The lowest BCUT2D eigenvalue weighted by Crippen LogP contribution is -2.09. The lowest BCUT2D eigenvalue weighted by atomic mass is 10.2. The summed E-state index contributed by atoms with van der Waals surface area (Å²) in [4.78, 5) is 0. The first kappa shape index (κ1) is 12.5. The van der Waals surface area contributed by atoms with Crippen molar-refractivity contribution in [1.82, 2.24) is 20.2 Å². The van der Waals surface area contributed by atoms with Crippen molar-refractivity contribution in [3.05, 3.63) is 47.3 Å². The summed E-state index contributed by atoms with van der Waals surface area (Å²) < 4.78 is 15.0. The van der Waals surface area contributed by atoms with Crippen LogP contribution in [-0.2, 0) is 13.1 Å². The fraction of sp³-hybridized carbons (Fsp3) is 0.182. The number of aromatic nitrogens is 4. The molecule has 0 aliphatic heterocycles. The fourth-order valence-corrected chi connectivity index (χ4v) is 1.67. The third kappa shape index (κ3) is 2.65. The molecule has 7 heteroatoms. The van der Waals surface area contributed by atoms with Crippen molar-refractivity contribution >= 4 is 17.5 Å². The van der Waals surface area contributed by atoms with Crippen molar-refractivity contribution in [2.24, 2.45) is 0 Å². The summed E-state index contributed by atoms with van der Waals surface area (Å²) in [5, 5.41) is 14.4. The number of anilines is 1. The highest BCUT2D eigenvalue weighted by Gasteiger charge is 2.09. The second kappa shape index (κ2) is 5.59. The van der Waals surface area contributed by atoms with Crippen LogP contribution in [0.5, 0.6) is 0 Å². The van der Waals surface area contributed by atoms with E-state index in [1.165, 1.54) is 10.7 Å². The van der Waals surface area contributed by atoms with Crippen LogP contribution in [0.4, 0.5) is 10.3 Å². The molecule has 0 aliphatic rings. The monoisotopic (exact) mass is 267 g/mol. The number of nitrogens with zero attached hydrogens (tertiary/aromatic N) is 4. The quantitative estimate of drug-likeness (QED) is 0.845. The zero-order valence-corrected chi connectivity index (χ0v) is 10.2. The second-order valence-electron chi connectivity index (χ2n) is 3.53. The summed E-state index contributed by atoms with van der Waals surface area (Å²) in [7, 11) is 0. The largest absolute Gasteiger partial charge is 0.349 e. The average molecular weight is 268 g/mol. The molecule has 0 radical (unpaired) electrons. The molecule has 1 aromatic carbocycles. The molecule has 2 aromatic rings. The van der Waals surface area contributed by atoms with Crippen LogP contribution in [-0.4, -0.2) is 20.2 Å². The molecule has 0 unspecified atom stereocenters. The number of hydrogen-bond acceptors (Lipinski definition) is 4. The van der Waals surface area contributed by atoms with E-state index in [0.29, 0.717) is 23.1 Å². The SMILES string of the molecule is C=CCn1nnnc1NCc1c(F)cccc1Cl. The predicted molar refractivity (Wildman–Crippen MR) is 66.8 cm³/mol. The Morgan fingerprint density at radius 3 is 3.06 bits per heavy atom. The molecule has 5 nitrogen and oxygen atoms in total. The molecule has 1 aromatic heterocycles. The zero-order valence-electron chi connectivity index (χ0n) is 9.48. The first-order valence-corrected chi connectivity index (χ1v) is 5.64. The number of tetrazole rings is 1. The van der Waals surface area contributed by atoms with Crippen molar-refractivity contribution in [3.8, 4) is 0 Å². The van der Waals surface area contributed by atoms with Crippen molar-refractivity contribution in [2.75, 3.05) is 5.32 Å². The third-order valence-corrected chi connectivity index (χ3v) is 2.67. The molecule has 1 N–H and O–H groups in total. The van der Waals surface area contributed by atoms with E-state index in [9.17, 15) is 4.39 Å². The van der Waals surface area contributed by atoms with Gasteiger partial charge in [-0.25, -0.2) is 9.07 Å². The summed E-state index contributed by atoms with van der Waals surface area (Å²) in [6.45, 7) is 4.28. The molecule has 18 heavy (non-hydrogen) atoms. The Morgan fingerprint density at radius 2 is 2.33 bits per heavy atom. The Bertz CT molecular complexity index is 534. The van der Waals surface area contributed by atoms with Crippen LogP contribution < -0.4 is 5.32 Å². The van der Waals surface area contributed by atoms with Crippen molar-refractivity contribution < 1.29 is 4.39 Å². The minimum atomic E-state index is -0.363. The zero-order chi connectivity index (χ0) is 13.0. The molecule has 1 heterocycles. The van der Waals surface area contributed by atoms with Gasteiger partial charge in [-0.15, -0.1) is 6.58 Å². The molecule has 0 saturated carbocycles. The van der Waals surface area contributed by atoms with Crippen molar-refractivity contribution in [2.45, 2.75) is 13.1 Å². The van der Waals surface area contributed by atoms with Gasteiger partial charge in [-0.05, 0) is 22.6 Å².